The zero-order valence-electron chi connectivity index (χ0n) is 14.6. The van der Waals surface area contributed by atoms with Gasteiger partial charge in [0, 0.05) is 11.3 Å². The van der Waals surface area contributed by atoms with Crippen molar-refractivity contribution in [1.82, 2.24) is 5.32 Å². The summed E-state index contributed by atoms with van der Waals surface area (Å²) in [6.45, 7) is 8.71. The van der Waals surface area contributed by atoms with Gasteiger partial charge in [-0.15, -0.1) is 11.8 Å². The zero-order valence-corrected chi connectivity index (χ0v) is 15.4. The molecule has 24 heavy (non-hydrogen) atoms. The highest BCUT2D eigenvalue weighted by Gasteiger charge is 2.31. The van der Waals surface area contributed by atoms with Crippen molar-refractivity contribution < 1.29 is 14.3 Å². The molecule has 0 fully saturated rings. The summed E-state index contributed by atoms with van der Waals surface area (Å²) in [5.74, 6) is 1.34. The third kappa shape index (κ3) is 4.35. The third-order valence-corrected chi connectivity index (χ3v) is 5.26. The number of nitrogens with zero attached hydrogens (tertiary/aromatic N) is 1. The van der Waals surface area contributed by atoms with Gasteiger partial charge < -0.3 is 14.8 Å². The van der Waals surface area contributed by atoms with Crippen LogP contribution in [0, 0.1) is 17.2 Å². The van der Waals surface area contributed by atoms with Crippen LogP contribution in [0.4, 0.5) is 0 Å². The van der Waals surface area contributed by atoms with Gasteiger partial charge in [0.15, 0.2) is 11.5 Å². The van der Waals surface area contributed by atoms with Crippen LogP contribution in [0.1, 0.15) is 34.1 Å². The highest BCUT2D eigenvalue weighted by molar-refractivity contribution is 8.00. The molecule has 1 aliphatic heterocycles. The number of ether oxygens (including phenoxy) is 2. The lowest BCUT2D eigenvalue weighted by atomic mass is 9.90. The number of hydrogen-bond acceptors (Lipinski definition) is 5. The standard InChI is InChI=1S/C18H24N2O3S/c1-12(2)18(4,11-19)20-17(21)13(3)24-14-6-7-15-16(10-14)23-9-5-8-22-15/h6-7,10,12-13H,5,8-9H2,1-4H3,(H,20,21). The van der Waals surface area contributed by atoms with Crippen molar-refractivity contribution in [3.63, 3.8) is 0 Å². The van der Waals surface area contributed by atoms with Gasteiger partial charge in [0.2, 0.25) is 5.91 Å². The van der Waals surface area contributed by atoms with Crippen LogP contribution in [0.3, 0.4) is 0 Å². The predicted octanol–water partition coefficient (Wildman–Crippen LogP) is 3.38. The number of carbonyl (C=O) groups is 1. The molecule has 0 spiro atoms. The van der Waals surface area contributed by atoms with E-state index in [-0.39, 0.29) is 17.1 Å². The second kappa shape index (κ2) is 7.80. The molecule has 130 valence electrons. The molecule has 1 aromatic carbocycles. The van der Waals surface area contributed by atoms with E-state index < -0.39 is 5.54 Å². The van der Waals surface area contributed by atoms with E-state index in [1.807, 2.05) is 39.0 Å². The molecule has 0 radical (unpaired) electrons. The smallest absolute Gasteiger partial charge is 0.234 e. The van der Waals surface area contributed by atoms with E-state index in [0.29, 0.717) is 19.0 Å². The van der Waals surface area contributed by atoms with Crippen molar-refractivity contribution in [2.75, 3.05) is 13.2 Å². The highest BCUT2D eigenvalue weighted by Crippen LogP contribution is 2.35. The Morgan fingerprint density at radius 2 is 1.96 bits per heavy atom. The van der Waals surface area contributed by atoms with Gasteiger partial charge in [0.1, 0.15) is 5.54 Å². The summed E-state index contributed by atoms with van der Waals surface area (Å²) in [5, 5.41) is 11.9. The van der Waals surface area contributed by atoms with Gasteiger partial charge in [0.25, 0.3) is 0 Å². The maximum atomic E-state index is 12.4. The van der Waals surface area contributed by atoms with Crippen molar-refractivity contribution in [3.8, 4) is 17.6 Å². The predicted molar refractivity (Wildman–Crippen MR) is 94.4 cm³/mol. The van der Waals surface area contributed by atoms with E-state index in [9.17, 15) is 10.1 Å². The van der Waals surface area contributed by atoms with Gasteiger partial charge in [0.05, 0.1) is 24.5 Å². The topological polar surface area (TPSA) is 71.3 Å². The van der Waals surface area contributed by atoms with E-state index in [0.717, 1.165) is 17.1 Å². The molecule has 1 aliphatic rings. The summed E-state index contributed by atoms with van der Waals surface area (Å²) in [6.07, 6.45) is 0.859. The molecule has 0 saturated heterocycles. The zero-order chi connectivity index (χ0) is 17.7. The molecule has 2 rings (SSSR count). The van der Waals surface area contributed by atoms with E-state index >= 15 is 0 Å². The average molecular weight is 348 g/mol. The maximum Gasteiger partial charge on any atom is 0.234 e. The van der Waals surface area contributed by atoms with E-state index in [1.165, 1.54) is 11.8 Å². The minimum atomic E-state index is -0.864. The Morgan fingerprint density at radius 1 is 1.29 bits per heavy atom. The molecule has 2 unspecified atom stereocenters. The minimum Gasteiger partial charge on any atom is -0.490 e. The Hall–Kier alpha value is -1.87. The molecule has 1 N–H and O–H groups in total. The van der Waals surface area contributed by atoms with E-state index in [4.69, 9.17) is 9.47 Å². The first kappa shape index (κ1) is 18.5. The quantitative estimate of drug-likeness (QED) is 0.826. The summed E-state index contributed by atoms with van der Waals surface area (Å²) < 4.78 is 11.3. The number of fused-ring (bicyclic) bond motifs is 1. The fourth-order valence-corrected chi connectivity index (χ4v) is 3.03. The average Bonchev–Trinajstić information content (AvgIpc) is 2.79. The van der Waals surface area contributed by atoms with Gasteiger partial charge in [-0.25, -0.2) is 0 Å². The van der Waals surface area contributed by atoms with Crippen LogP contribution in [0.2, 0.25) is 0 Å². The summed E-state index contributed by atoms with van der Waals surface area (Å²) in [4.78, 5) is 13.4. The van der Waals surface area contributed by atoms with Crippen LogP contribution in [0.25, 0.3) is 0 Å². The number of amides is 1. The van der Waals surface area contributed by atoms with Gasteiger partial charge in [-0.05, 0) is 38.0 Å². The number of nitriles is 1. The first-order valence-electron chi connectivity index (χ1n) is 8.15. The first-order valence-corrected chi connectivity index (χ1v) is 9.03. The largest absolute Gasteiger partial charge is 0.490 e. The van der Waals surface area contributed by atoms with Crippen molar-refractivity contribution in [2.24, 2.45) is 5.92 Å². The number of hydrogen-bond donors (Lipinski definition) is 1. The maximum absolute atomic E-state index is 12.4. The van der Waals surface area contributed by atoms with E-state index in [2.05, 4.69) is 11.4 Å². The molecule has 5 nitrogen and oxygen atoms in total. The molecule has 0 aliphatic carbocycles. The lowest BCUT2D eigenvalue weighted by molar-refractivity contribution is -0.121. The van der Waals surface area contributed by atoms with Gasteiger partial charge in [-0.3, -0.25) is 4.79 Å². The molecule has 2 atom stereocenters. The van der Waals surface area contributed by atoms with Gasteiger partial charge in [-0.1, -0.05) is 13.8 Å². The van der Waals surface area contributed by atoms with Crippen LogP contribution in [-0.2, 0) is 4.79 Å². The van der Waals surface area contributed by atoms with Crippen molar-refractivity contribution in [2.45, 2.75) is 49.8 Å². The second-order valence-corrected chi connectivity index (χ2v) is 7.79. The second-order valence-electron chi connectivity index (χ2n) is 6.38. The molecule has 0 bridgehead atoms. The Kier molecular flexibility index (Phi) is 6.00. The highest BCUT2D eigenvalue weighted by atomic mass is 32.2. The van der Waals surface area contributed by atoms with Crippen molar-refractivity contribution >= 4 is 17.7 Å². The molecule has 0 saturated carbocycles. The Morgan fingerprint density at radius 3 is 2.58 bits per heavy atom. The van der Waals surface area contributed by atoms with Gasteiger partial charge >= 0.3 is 0 Å². The Balaban J connectivity index is 2.04. The first-order chi connectivity index (χ1) is 11.4. The molecule has 1 amide bonds. The Bertz CT molecular complexity index is 642. The molecular weight excluding hydrogens is 324 g/mol. The Labute approximate surface area is 147 Å². The summed E-state index contributed by atoms with van der Waals surface area (Å²) >= 11 is 1.44. The third-order valence-electron chi connectivity index (χ3n) is 4.17. The summed E-state index contributed by atoms with van der Waals surface area (Å²) in [6, 6.07) is 7.90. The molecule has 0 aromatic heterocycles. The van der Waals surface area contributed by atoms with Crippen molar-refractivity contribution in [1.29, 1.82) is 5.26 Å². The summed E-state index contributed by atoms with van der Waals surface area (Å²) in [7, 11) is 0. The molecule has 6 heteroatoms. The lowest BCUT2D eigenvalue weighted by Crippen LogP contribution is -2.51. The number of thioether (sulfide) groups is 1. The van der Waals surface area contributed by atoms with Crippen LogP contribution in [-0.4, -0.2) is 29.9 Å². The van der Waals surface area contributed by atoms with Crippen molar-refractivity contribution in [3.05, 3.63) is 18.2 Å². The number of rotatable bonds is 5. The van der Waals surface area contributed by atoms with E-state index in [1.54, 1.807) is 6.92 Å². The number of nitrogens with one attached hydrogen (secondary N) is 1. The number of carbonyl (C=O) groups excluding carboxylic acids is 1. The normalized spacial score (nSPS) is 17.3. The molecule has 1 aromatic rings. The lowest BCUT2D eigenvalue weighted by Gasteiger charge is -2.28. The SMILES string of the molecule is CC(Sc1ccc2c(c1)OCCCO2)C(=O)NC(C)(C#N)C(C)C. The fraction of sp³-hybridized carbons (Fsp3) is 0.556. The fourth-order valence-electron chi connectivity index (χ4n) is 2.13. The van der Waals surface area contributed by atoms with Crippen LogP contribution in [0.5, 0.6) is 11.5 Å². The number of benzene rings is 1. The summed E-state index contributed by atoms with van der Waals surface area (Å²) in [5.41, 5.74) is -0.864. The van der Waals surface area contributed by atoms with Crippen LogP contribution < -0.4 is 14.8 Å². The molecular formula is C18H24N2O3S. The monoisotopic (exact) mass is 348 g/mol. The molecule has 1 heterocycles. The van der Waals surface area contributed by atoms with Gasteiger partial charge in [-0.2, -0.15) is 5.26 Å². The minimum absolute atomic E-state index is 0.0293. The van der Waals surface area contributed by atoms with Crippen LogP contribution >= 0.6 is 11.8 Å². The van der Waals surface area contributed by atoms with Crippen LogP contribution in [0.15, 0.2) is 23.1 Å².